The average Bonchev–Trinajstić information content (AvgIpc) is 2.39. The highest BCUT2D eigenvalue weighted by Gasteiger charge is 2.30. The Morgan fingerprint density at radius 1 is 0.895 bits per heavy atom. The molecule has 98 valence electrons. The van der Waals surface area contributed by atoms with Gasteiger partial charge >= 0.3 is 6.18 Å². The van der Waals surface area contributed by atoms with Crippen molar-refractivity contribution < 1.29 is 18.0 Å². The molecule has 0 aliphatic carbocycles. The summed E-state index contributed by atoms with van der Waals surface area (Å²) in [5, 5.41) is 2.60. The molecule has 0 atom stereocenters. The Labute approximate surface area is 107 Å². The standard InChI is InChI=1S/C14H10F3NO/c15-14(16,17)11-8-6-10(7-9-11)13(19)18-12-4-2-1-3-5-12/h1-9H,(H,18,19). The van der Waals surface area contributed by atoms with E-state index in [0.717, 1.165) is 24.3 Å². The molecule has 2 aromatic carbocycles. The van der Waals surface area contributed by atoms with Gasteiger partial charge in [0.15, 0.2) is 0 Å². The van der Waals surface area contributed by atoms with Crippen molar-refractivity contribution in [2.45, 2.75) is 6.18 Å². The zero-order valence-electron chi connectivity index (χ0n) is 9.74. The second kappa shape index (κ2) is 5.14. The molecule has 0 fully saturated rings. The van der Waals surface area contributed by atoms with Crippen LogP contribution in [-0.4, -0.2) is 5.91 Å². The number of hydrogen-bond donors (Lipinski definition) is 1. The van der Waals surface area contributed by atoms with Crippen LogP contribution in [0.1, 0.15) is 15.9 Å². The number of nitrogens with one attached hydrogen (secondary N) is 1. The van der Waals surface area contributed by atoms with Crippen molar-refractivity contribution in [1.29, 1.82) is 0 Å². The van der Waals surface area contributed by atoms with Gasteiger partial charge in [-0.1, -0.05) is 18.2 Å². The molecule has 0 unspecified atom stereocenters. The fourth-order valence-electron chi connectivity index (χ4n) is 1.54. The lowest BCUT2D eigenvalue weighted by molar-refractivity contribution is -0.137. The highest BCUT2D eigenvalue weighted by Crippen LogP contribution is 2.29. The maximum Gasteiger partial charge on any atom is 0.416 e. The third kappa shape index (κ3) is 3.34. The zero-order valence-corrected chi connectivity index (χ0v) is 9.74. The predicted octanol–water partition coefficient (Wildman–Crippen LogP) is 3.96. The highest BCUT2D eigenvalue weighted by atomic mass is 19.4. The molecule has 0 heterocycles. The first-order chi connectivity index (χ1) is 8.97. The molecule has 1 amide bonds. The fraction of sp³-hybridized carbons (Fsp3) is 0.0714. The summed E-state index contributed by atoms with van der Waals surface area (Å²) in [6, 6.07) is 12.8. The molecule has 0 aliphatic rings. The van der Waals surface area contributed by atoms with Crippen molar-refractivity contribution in [2.24, 2.45) is 0 Å². The molecule has 2 nitrogen and oxygen atoms in total. The maximum atomic E-state index is 12.4. The van der Waals surface area contributed by atoms with E-state index in [0.29, 0.717) is 5.69 Å². The van der Waals surface area contributed by atoms with Crippen molar-refractivity contribution >= 4 is 11.6 Å². The number of amides is 1. The van der Waals surface area contributed by atoms with Gasteiger partial charge in [-0.05, 0) is 36.4 Å². The van der Waals surface area contributed by atoms with Crippen LogP contribution < -0.4 is 5.32 Å². The van der Waals surface area contributed by atoms with E-state index < -0.39 is 17.6 Å². The third-order valence-corrected chi connectivity index (χ3v) is 2.51. The normalized spacial score (nSPS) is 11.1. The molecular weight excluding hydrogens is 255 g/mol. The molecule has 0 aliphatic heterocycles. The van der Waals surface area contributed by atoms with Crippen LogP contribution >= 0.6 is 0 Å². The van der Waals surface area contributed by atoms with Crippen molar-refractivity contribution in [3.8, 4) is 0 Å². The monoisotopic (exact) mass is 265 g/mol. The minimum absolute atomic E-state index is 0.178. The third-order valence-electron chi connectivity index (χ3n) is 2.51. The first kappa shape index (κ1) is 13.1. The van der Waals surface area contributed by atoms with Crippen LogP contribution in [0.25, 0.3) is 0 Å². The van der Waals surface area contributed by atoms with Gasteiger partial charge in [0.05, 0.1) is 5.56 Å². The van der Waals surface area contributed by atoms with E-state index in [1.54, 1.807) is 30.3 Å². The molecular formula is C14H10F3NO. The van der Waals surface area contributed by atoms with Crippen LogP contribution in [0, 0.1) is 0 Å². The average molecular weight is 265 g/mol. The lowest BCUT2D eigenvalue weighted by Crippen LogP contribution is -2.12. The van der Waals surface area contributed by atoms with E-state index in [2.05, 4.69) is 5.32 Å². The van der Waals surface area contributed by atoms with Gasteiger partial charge in [-0.15, -0.1) is 0 Å². The summed E-state index contributed by atoms with van der Waals surface area (Å²) < 4.78 is 37.1. The van der Waals surface area contributed by atoms with E-state index in [1.807, 2.05) is 0 Å². The lowest BCUT2D eigenvalue weighted by atomic mass is 10.1. The summed E-state index contributed by atoms with van der Waals surface area (Å²) >= 11 is 0. The molecule has 19 heavy (non-hydrogen) atoms. The van der Waals surface area contributed by atoms with Gasteiger partial charge in [-0.25, -0.2) is 0 Å². The summed E-state index contributed by atoms with van der Waals surface area (Å²) in [6.07, 6.45) is -4.39. The molecule has 0 bridgehead atoms. The first-order valence-electron chi connectivity index (χ1n) is 5.50. The zero-order chi connectivity index (χ0) is 13.9. The lowest BCUT2D eigenvalue weighted by Gasteiger charge is -2.08. The Bertz CT molecular complexity index is 561. The minimum atomic E-state index is -4.39. The SMILES string of the molecule is O=C(Nc1ccccc1)c1ccc(C(F)(F)F)cc1. The van der Waals surface area contributed by atoms with Crippen LogP contribution in [0.15, 0.2) is 54.6 Å². The molecule has 0 saturated heterocycles. The largest absolute Gasteiger partial charge is 0.416 e. The number of rotatable bonds is 2. The van der Waals surface area contributed by atoms with E-state index >= 15 is 0 Å². The van der Waals surface area contributed by atoms with Crippen LogP contribution in [0.4, 0.5) is 18.9 Å². The molecule has 0 radical (unpaired) electrons. The summed E-state index contributed by atoms with van der Waals surface area (Å²) in [4.78, 5) is 11.8. The van der Waals surface area contributed by atoms with Crippen LogP contribution in [0.3, 0.4) is 0 Å². The summed E-state index contributed by atoms with van der Waals surface area (Å²) in [5.41, 5.74) is -0.00647. The Hall–Kier alpha value is -2.30. The molecule has 0 aromatic heterocycles. The van der Waals surface area contributed by atoms with E-state index in [9.17, 15) is 18.0 Å². The van der Waals surface area contributed by atoms with Crippen LogP contribution in [-0.2, 0) is 6.18 Å². The number of halogens is 3. The van der Waals surface area contributed by atoms with Gasteiger partial charge in [0.1, 0.15) is 0 Å². The number of carbonyl (C=O) groups excluding carboxylic acids is 1. The molecule has 0 saturated carbocycles. The second-order valence-corrected chi connectivity index (χ2v) is 3.90. The van der Waals surface area contributed by atoms with Crippen molar-refractivity contribution in [2.75, 3.05) is 5.32 Å². The summed E-state index contributed by atoms with van der Waals surface area (Å²) in [7, 11) is 0. The fourth-order valence-corrected chi connectivity index (χ4v) is 1.54. The second-order valence-electron chi connectivity index (χ2n) is 3.90. The topological polar surface area (TPSA) is 29.1 Å². The van der Waals surface area contributed by atoms with Crippen LogP contribution in [0.2, 0.25) is 0 Å². The number of hydrogen-bond acceptors (Lipinski definition) is 1. The molecule has 5 heteroatoms. The van der Waals surface area contributed by atoms with Gasteiger partial charge in [0.2, 0.25) is 0 Å². The maximum absolute atomic E-state index is 12.4. The first-order valence-corrected chi connectivity index (χ1v) is 5.50. The number of carbonyl (C=O) groups is 1. The number of benzene rings is 2. The molecule has 0 spiro atoms. The quantitative estimate of drug-likeness (QED) is 0.875. The summed E-state index contributed by atoms with van der Waals surface area (Å²) in [5.74, 6) is -0.445. The number of para-hydroxylation sites is 1. The number of alkyl halides is 3. The van der Waals surface area contributed by atoms with Gasteiger partial charge in [0, 0.05) is 11.3 Å². The number of anilines is 1. The van der Waals surface area contributed by atoms with Crippen LogP contribution in [0.5, 0.6) is 0 Å². The molecule has 1 N–H and O–H groups in total. The Balaban J connectivity index is 2.12. The van der Waals surface area contributed by atoms with Crippen molar-refractivity contribution in [3.63, 3.8) is 0 Å². The van der Waals surface area contributed by atoms with Gasteiger partial charge < -0.3 is 5.32 Å². The van der Waals surface area contributed by atoms with Crippen molar-refractivity contribution in [1.82, 2.24) is 0 Å². The van der Waals surface area contributed by atoms with Gasteiger partial charge in [-0.3, -0.25) is 4.79 Å². The van der Waals surface area contributed by atoms with Crippen molar-refractivity contribution in [3.05, 3.63) is 65.7 Å². The molecule has 2 aromatic rings. The van der Waals surface area contributed by atoms with E-state index in [-0.39, 0.29) is 5.56 Å². The highest BCUT2D eigenvalue weighted by molar-refractivity contribution is 6.04. The predicted molar refractivity (Wildman–Crippen MR) is 65.8 cm³/mol. The smallest absolute Gasteiger partial charge is 0.322 e. The van der Waals surface area contributed by atoms with E-state index in [4.69, 9.17) is 0 Å². The molecule has 2 rings (SSSR count). The van der Waals surface area contributed by atoms with E-state index in [1.165, 1.54) is 0 Å². The Morgan fingerprint density at radius 2 is 1.47 bits per heavy atom. The van der Waals surface area contributed by atoms with Gasteiger partial charge in [0.25, 0.3) is 5.91 Å². The Kier molecular flexibility index (Phi) is 3.55. The van der Waals surface area contributed by atoms with Gasteiger partial charge in [-0.2, -0.15) is 13.2 Å². The Morgan fingerprint density at radius 3 is 2.00 bits per heavy atom. The minimum Gasteiger partial charge on any atom is -0.322 e. The summed E-state index contributed by atoms with van der Waals surface area (Å²) in [6.45, 7) is 0.